The third-order valence-corrected chi connectivity index (χ3v) is 5.81. The fourth-order valence-electron chi connectivity index (χ4n) is 4.24. The Morgan fingerprint density at radius 3 is 2.69 bits per heavy atom. The molecule has 1 N–H and O–H groups in total. The molecular weight excluding hydrogens is 401 g/mol. The third-order valence-electron chi connectivity index (χ3n) is 5.81. The lowest BCUT2D eigenvalue weighted by molar-refractivity contribution is 0.618. The second-order valence-electron chi connectivity index (χ2n) is 7.74. The molecule has 0 unspecified atom stereocenters. The monoisotopic (exact) mass is 417 g/mol. The normalized spacial score (nSPS) is 11.4. The van der Waals surface area contributed by atoms with E-state index >= 15 is 0 Å². The van der Waals surface area contributed by atoms with Crippen molar-refractivity contribution >= 4 is 32.8 Å². The van der Waals surface area contributed by atoms with Gasteiger partial charge in [0.25, 0.3) is 0 Å². The Bertz CT molecular complexity index is 1690. The Morgan fingerprint density at radius 2 is 1.81 bits per heavy atom. The number of nitrogens with zero attached hydrogens (tertiary/aromatic N) is 4. The number of hydrogen-bond acceptors (Lipinski definition) is 3. The van der Waals surface area contributed by atoms with E-state index < -0.39 is 5.82 Å². The molecule has 32 heavy (non-hydrogen) atoms. The highest BCUT2D eigenvalue weighted by molar-refractivity contribution is 6.04. The SMILES string of the molecule is N#CCc1ccc(-n2cnc3cnc4ccc(-c5ccc6[nH]ccc6c5)cc4c32)c(F)c1. The van der Waals surface area contributed by atoms with E-state index in [0.717, 1.165) is 38.4 Å². The van der Waals surface area contributed by atoms with Gasteiger partial charge in [0.2, 0.25) is 0 Å². The zero-order chi connectivity index (χ0) is 21.7. The summed E-state index contributed by atoms with van der Waals surface area (Å²) in [4.78, 5) is 12.2. The number of H-pyrrole nitrogens is 1. The lowest BCUT2D eigenvalue weighted by Crippen LogP contribution is -1.98. The van der Waals surface area contributed by atoms with Crippen LogP contribution in [0.4, 0.5) is 4.39 Å². The van der Waals surface area contributed by atoms with Crippen LogP contribution in [0.3, 0.4) is 0 Å². The summed E-state index contributed by atoms with van der Waals surface area (Å²) in [5.74, 6) is -0.393. The summed E-state index contributed by atoms with van der Waals surface area (Å²) in [5.41, 5.74) is 6.57. The minimum absolute atomic E-state index is 0.170. The van der Waals surface area contributed by atoms with Crippen molar-refractivity contribution in [2.45, 2.75) is 6.42 Å². The topological polar surface area (TPSA) is 70.3 Å². The molecule has 0 spiro atoms. The Hall–Kier alpha value is -4.50. The zero-order valence-electron chi connectivity index (χ0n) is 16.9. The molecule has 0 aliphatic rings. The van der Waals surface area contributed by atoms with Crippen LogP contribution in [-0.2, 0) is 6.42 Å². The van der Waals surface area contributed by atoms with Crippen LogP contribution in [0.25, 0.3) is 49.7 Å². The minimum Gasteiger partial charge on any atom is -0.361 e. The number of aromatic nitrogens is 4. The average molecular weight is 417 g/mol. The van der Waals surface area contributed by atoms with Gasteiger partial charge in [-0.3, -0.25) is 9.55 Å². The van der Waals surface area contributed by atoms with Gasteiger partial charge in [-0.05, 0) is 64.5 Å². The van der Waals surface area contributed by atoms with E-state index in [1.54, 1.807) is 29.2 Å². The molecule has 0 aliphatic carbocycles. The average Bonchev–Trinajstić information content (AvgIpc) is 3.46. The first-order valence-corrected chi connectivity index (χ1v) is 10.2. The van der Waals surface area contributed by atoms with Gasteiger partial charge in [-0.1, -0.05) is 18.2 Å². The number of rotatable bonds is 3. The smallest absolute Gasteiger partial charge is 0.147 e. The molecule has 0 amide bonds. The molecule has 0 bridgehead atoms. The molecule has 3 aromatic carbocycles. The van der Waals surface area contributed by atoms with Crippen LogP contribution < -0.4 is 0 Å². The Balaban J connectivity index is 1.57. The number of nitrogens with one attached hydrogen (secondary N) is 1. The maximum Gasteiger partial charge on any atom is 0.147 e. The zero-order valence-corrected chi connectivity index (χ0v) is 16.9. The van der Waals surface area contributed by atoms with Crippen molar-refractivity contribution < 1.29 is 4.39 Å². The molecule has 6 heteroatoms. The molecule has 3 heterocycles. The highest BCUT2D eigenvalue weighted by Gasteiger charge is 2.14. The van der Waals surface area contributed by atoms with Crippen LogP contribution >= 0.6 is 0 Å². The molecule has 0 fully saturated rings. The molecule has 152 valence electrons. The maximum atomic E-state index is 15.0. The molecule has 0 saturated heterocycles. The Morgan fingerprint density at radius 1 is 0.938 bits per heavy atom. The molecule has 0 atom stereocenters. The largest absolute Gasteiger partial charge is 0.361 e. The number of hydrogen-bond donors (Lipinski definition) is 1. The van der Waals surface area contributed by atoms with E-state index in [9.17, 15) is 4.39 Å². The first-order chi connectivity index (χ1) is 15.7. The van der Waals surface area contributed by atoms with Crippen LogP contribution in [0.2, 0.25) is 0 Å². The number of imidazole rings is 1. The van der Waals surface area contributed by atoms with Crippen molar-refractivity contribution in [3.05, 3.63) is 90.8 Å². The van der Waals surface area contributed by atoms with Gasteiger partial charge in [-0.2, -0.15) is 5.26 Å². The van der Waals surface area contributed by atoms with Crippen LogP contribution in [0.1, 0.15) is 5.56 Å². The molecule has 6 rings (SSSR count). The molecule has 0 radical (unpaired) electrons. The predicted molar refractivity (Wildman–Crippen MR) is 123 cm³/mol. The van der Waals surface area contributed by atoms with Gasteiger partial charge in [-0.15, -0.1) is 0 Å². The molecule has 0 saturated carbocycles. The Kier molecular flexibility index (Phi) is 4.02. The standard InChI is InChI=1S/C26H16FN5/c27-21-11-16(7-9-28)1-6-25(21)32-15-31-24-14-30-23-5-3-18(13-20(23)26(24)32)17-2-4-22-19(12-17)8-10-29-22/h1-6,8,10-15,29H,7H2. The van der Waals surface area contributed by atoms with Crippen LogP contribution in [-0.4, -0.2) is 19.5 Å². The fourth-order valence-corrected chi connectivity index (χ4v) is 4.24. The van der Waals surface area contributed by atoms with Gasteiger partial charge in [0.15, 0.2) is 0 Å². The van der Waals surface area contributed by atoms with E-state index in [-0.39, 0.29) is 6.42 Å². The van der Waals surface area contributed by atoms with E-state index in [4.69, 9.17) is 5.26 Å². The summed E-state index contributed by atoms with van der Waals surface area (Å²) < 4.78 is 16.7. The second kappa shape index (κ2) is 7.03. The number of fused-ring (bicyclic) bond motifs is 4. The fraction of sp³-hybridized carbons (Fsp3) is 0.0385. The second-order valence-corrected chi connectivity index (χ2v) is 7.74. The molecular formula is C26H16FN5. The summed E-state index contributed by atoms with van der Waals surface area (Å²) in [6, 6.07) is 21.4. The van der Waals surface area contributed by atoms with Crippen LogP contribution in [0.15, 0.2) is 79.4 Å². The van der Waals surface area contributed by atoms with Crippen molar-refractivity contribution in [1.82, 2.24) is 19.5 Å². The summed E-state index contributed by atoms with van der Waals surface area (Å²) in [6.07, 6.45) is 5.43. The number of nitriles is 1. The van der Waals surface area contributed by atoms with Crippen molar-refractivity contribution in [2.24, 2.45) is 0 Å². The lowest BCUT2D eigenvalue weighted by atomic mass is 10.0. The van der Waals surface area contributed by atoms with Crippen molar-refractivity contribution in [3.8, 4) is 22.9 Å². The summed E-state index contributed by atoms with van der Waals surface area (Å²) in [7, 11) is 0. The summed E-state index contributed by atoms with van der Waals surface area (Å²) >= 11 is 0. The highest BCUT2D eigenvalue weighted by Crippen LogP contribution is 2.31. The van der Waals surface area contributed by atoms with Gasteiger partial charge in [0, 0.05) is 17.1 Å². The predicted octanol–water partition coefficient (Wildman–Crippen LogP) is 5.93. The van der Waals surface area contributed by atoms with E-state index in [2.05, 4.69) is 45.3 Å². The Labute approximate surface area is 182 Å². The van der Waals surface area contributed by atoms with Gasteiger partial charge in [0.1, 0.15) is 17.7 Å². The number of aromatic amines is 1. The van der Waals surface area contributed by atoms with E-state index in [1.807, 2.05) is 24.4 Å². The molecule has 5 nitrogen and oxygen atoms in total. The molecule has 0 aliphatic heterocycles. The van der Waals surface area contributed by atoms with Crippen molar-refractivity contribution in [2.75, 3.05) is 0 Å². The summed E-state index contributed by atoms with van der Waals surface area (Å²) in [5, 5.41) is 10.9. The van der Waals surface area contributed by atoms with Crippen molar-refractivity contribution in [1.29, 1.82) is 5.26 Å². The first-order valence-electron chi connectivity index (χ1n) is 10.2. The van der Waals surface area contributed by atoms with Gasteiger partial charge >= 0.3 is 0 Å². The first kappa shape index (κ1) is 18.3. The minimum atomic E-state index is -0.393. The van der Waals surface area contributed by atoms with Crippen LogP contribution in [0.5, 0.6) is 0 Å². The third kappa shape index (κ3) is 2.83. The number of benzene rings is 3. The quantitative estimate of drug-likeness (QED) is 0.388. The van der Waals surface area contributed by atoms with Gasteiger partial charge in [0.05, 0.1) is 35.4 Å². The summed E-state index contributed by atoms with van der Waals surface area (Å²) in [6.45, 7) is 0. The lowest BCUT2D eigenvalue weighted by Gasteiger charge is -2.10. The highest BCUT2D eigenvalue weighted by atomic mass is 19.1. The molecule has 6 aromatic rings. The van der Waals surface area contributed by atoms with Crippen LogP contribution in [0, 0.1) is 17.1 Å². The van der Waals surface area contributed by atoms with E-state index in [1.165, 1.54) is 6.07 Å². The number of halogens is 1. The van der Waals surface area contributed by atoms with E-state index in [0.29, 0.717) is 16.8 Å². The van der Waals surface area contributed by atoms with Gasteiger partial charge < -0.3 is 4.98 Å². The van der Waals surface area contributed by atoms with Gasteiger partial charge in [-0.25, -0.2) is 9.37 Å². The van der Waals surface area contributed by atoms with Crippen molar-refractivity contribution in [3.63, 3.8) is 0 Å². The maximum absolute atomic E-state index is 15.0. The molecule has 3 aromatic heterocycles. The number of pyridine rings is 1.